The molecule has 4 nitrogen and oxygen atoms in total. The number of nitro groups is 1. The minimum atomic E-state index is -0.623. The lowest BCUT2D eigenvalue weighted by Gasteiger charge is -1.95. The van der Waals surface area contributed by atoms with Gasteiger partial charge in [-0.05, 0) is 13.8 Å². The van der Waals surface area contributed by atoms with Gasteiger partial charge in [0.2, 0.25) is 0 Å². The fraction of sp³-hybridized carbons (Fsp3) is 0.429. The first-order valence-corrected chi connectivity index (χ1v) is 4.27. The van der Waals surface area contributed by atoms with Crippen molar-refractivity contribution in [1.29, 1.82) is 0 Å². The van der Waals surface area contributed by atoms with Crippen LogP contribution in [-0.4, -0.2) is 10.0 Å². The maximum absolute atomic E-state index is 10.4. The van der Waals surface area contributed by atoms with Crippen molar-refractivity contribution in [2.45, 2.75) is 20.0 Å². The molecule has 0 aliphatic rings. The number of hydrogen-bond donors (Lipinski definition) is 1. The molecular formula is C7H9NO3S. The number of rotatable bonds is 2. The Morgan fingerprint density at radius 2 is 2.33 bits per heavy atom. The first-order chi connectivity index (χ1) is 5.52. The van der Waals surface area contributed by atoms with Gasteiger partial charge in [-0.3, -0.25) is 10.1 Å². The molecule has 1 aromatic rings. The van der Waals surface area contributed by atoms with Crippen molar-refractivity contribution in [1.82, 2.24) is 0 Å². The average molecular weight is 187 g/mol. The van der Waals surface area contributed by atoms with Crippen LogP contribution < -0.4 is 0 Å². The minimum Gasteiger partial charge on any atom is -0.388 e. The van der Waals surface area contributed by atoms with Crippen molar-refractivity contribution in [2.24, 2.45) is 0 Å². The molecule has 1 unspecified atom stereocenters. The van der Waals surface area contributed by atoms with Crippen LogP contribution in [0.4, 0.5) is 5.69 Å². The van der Waals surface area contributed by atoms with Gasteiger partial charge < -0.3 is 5.11 Å². The predicted octanol–water partition coefficient (Wildman–Crippen LogP) is 2.02. The van der Waals surface area contributed by atoms with Crippen molar-refractivity contribution in [3.8, 4) is 0 Å². The fourth-order valence-electron chi connectivity index (χ4n) is 0.882. The zero-order valence-corrected chi connectivity index (χ0v) is 7.59. The monoisotopic (exact) mass is 187 g/mol. The van der Waals surface area contributed by atoms with Gasteiger partial charge in [0.15, 0.2) is 0 Å². The summed E-state index contributed by atoms with van der Waals surface area (Å²) in [6.07, 6.45) is -0.623. The zero-order chi connectivity index (χ0) is 9.30. The van der Waals surface area contributed by atoms with Crippen LogP contribution in [0.1, 0.15) is 22.8 Å². The second kappa shape index (κ2) is 3.20. The van der Waals surface area contributed by atoms with Crippen LogP contribution in [0, 0.1) is 17.0 Å². The highest BCUT2D eigenvalue weighted by Gasteiger charge is 2.16. The molecule has 0 bridgehead atoms. The largest absolute Gasteiger partial charge is 0.388 e. The van der Waals surface area contributed by atoms with Crippen LogP contribution in [0.5, 0.6) is 0 Å². The number of hydrogen-bond acceptors (Lipinski definition) is 4. The summed E-state index contributed by atoms with van der Waals surface area (Å²) < 4.78 is 0. The second-order valence-electron chi connectivity index (χ2n) is 2.52. The third kappa shape index (κ3) is 1.62. The van der Waals surface area contributed by atoms with Crippen LogP contribution in [0.15, 0.2) is 6.07 Å². The van der Waals surface area contributed by atoms with Gasteiger partial charge in [-0.1, -0.05) is 0 Å². The molecule has 0 amide bonds. The Kier molecular flexibility index (Phi) is 2.44. The van der Waals surface area contributed by atoms with Gasteiger partial charge in [0, 0.05) is 10.9 Å². The first-order valence-electron chi connectivity index (χ1n) is 3.45. The minimum absolute atomic E-state index is 0.0934. The van der Waals surface area contributed by atoms with Crippen LogP contribution in [-0.2, 0) is 0 Å². The molecule has 1 heterocycles. The molecular weight excluding hydrogens is 178 g/mol. The van der Waals surface area contributed by atoms with E-state index in [9.17, 15) is 10.1 Å². The van der Waals surface area contributed by atoms with Gasteiger partial charge >= 0.3 is 0 Å². The lowest BCUT2D eigenvalue weighted by Crippen LogP contribution is -1.87. The van der Waals surface area contributed by atoms with E-state index in [0.717, 1.165) is 0 Å². The first kappa shape index (κ1) is 9.15. The maximum atomic E-state index is 10.4. The third-order valence-electron chi connectivity index (χ3n) is 1.52. The summed E-state index contributed by atoms with van der Waals surface area (Å²) in [6, 6.07) is 1.42. The number of aliphatic hydroxyl groups excluding tert-OH is 1. The summed E-state index contributed by atoms with van der Waals surface area (Å²) in [6.45, 7) is 3.27. The van der Waals surface area contributed by atoms with Crippen LogP contribution >= 0.6 is 11.3 Å². The Balaban J connectivity index is 3.09. The van der Waals surface area contributed by atoms with E-state index in [4.69, 9.17) is 5.11 Å². The number of thiophene rings is 1. The van der Waals surface area contributed by atoms with Gasteiger partial charge in [-0.15, -0.1) is 11.3 Å². The molecule has 1 aromatic heterocycles. The molecule has 0 aliphatic carbocycles. The average Bonchev–Trinajstić information content (AvgIpc) is 2.30. The van der Waals surface area contributed by atoms with Gasteiger partial charge in [0.05, 0.1) is 15.9 Å². The smallest absolute Gasteiger partial charge is 0.283 e. The Morgan fingerprint density at radius 1 is 1.75 bits per heavy atom. The topological polar surface area (TPSA) is 63.4 Å². The summed E-state index contributed by atoms with van der Waals surface area (Å²) in [7, 11) is 0. The lowest BCUT2D eigenvalue weighted by atomic mass is 10.3. The molecule has 5 heteroatoms. The molecule has 1 N–H and O–H groups in total. The molecule has 0 saturated heterocycles. The highest BCUT2D eigenvalue weighted by molar-refractivity contribution is 7.12. The summed E-state index contributed by atoms with van der Waals surface area (Å²) >= 11 is 1.26. The van der Waals surface area contributed by atoms with E-state index in [-0.39, 0.29) is 5.69 Å². The Labute approximate surface area is 73.6 Å². The second-order valence-corrected chi connectivity index (χ2v) is 3.81. The van der Waals surface area contributed by atoms with Crippen LogP contribution in [0.2, 0.25) is 0 Å². The van der Waals surface area contributed by atoms with Crippen LogP contribution in [0.25, 0.3) is 0 Å². The van der Waals surface area contributed by atoms with Gasteiger partial charge in [0.1, 0.15) is 0 Å². The van der Waals surface area contributed by atoms with E-state index >= 15 is 0 Å². The van der Waals surface area contributed by atoms with E-state index < -0.39 is 11.0 Å². The summed E-state index contributed by atoms with van der Waals surface area (Å²) in [4.78, 5) is 11.2. The molecule has 0 saturated carbocycles. The lowest BCUT2D eigenvalue weighted by molar-refractivity contribution is -0.385. The van der Waals surface area contributed by atoms with E-state index in [1.165, 1.54) is 17.4 Å². The molecule has 0 spiro atoms. The molecule has 1 rings (SSSR count). The third-order valence-corrected chi connectivity index (χ3v) is 2.73. The van der Waals surface area contributed by atoms with Crippen molar-refractivity contribution < 1.29 is 10.0 Å². The Hall–Kier alpha value is -0.940. The molecule has 0 aromatic carbocycles. The molecule has 66 valence electrons. The highest BCUT2D eigenvalue weighted by Crippen LogP contribution is 2.31. The zero-order valence-electron chi connectivity index (χ0n) is 6.77. The molecule has 0 aliphatic heterocycles. The maximum Gasteiger partial charge on any atom is 0.283 e. The van der Waals surface area contributed by atoms with E-state index in [1.807, 2.05) is 0 Å². The van der Waals surface area contributed by atoms with Crippen molar-refractivity contribution in [3.63, 3.8) is 0 Å². The van der Waals surface area contributed by atoms with Gasteiger partial charge in [0.25, 0.3) is 5.69 Å². The molecule has 0 fully saturated rings. The van der Waals surface area contributed by atoms with Crippen molar-refractivity contribution in [3.05, 3.63) is 25.9 Å². The number of nitrogens with zero attached hydrogens (tertiary/aromatic N) is 1. The molecule has 0 radical (unpaired) electrons. The Bertz CT molecular complexity index is 306. The van der Waals surface area contributed by atoms with Crippen molar-refractivity contribution >= 4 is 17.0 Å². The highest BCUT2D eigenvalue weighted by atomic mass is 32.1. The number of aryl methyl sites for hydroxylation is 1. The molecule has 1 atom stereocenters. The number of aliphatic hydroxyl groups is 1. The SMILES string of the molecule is Cc1sc(C(C)O)cc1[N+](=O)[O-]. The quantitative estimate of drug-likeness (QED) is 0.569. The van der Waals surface area contributed by atoms with E-state index in [0.29, 0.717) is 9.75 Å². The molecule has 12 heavy (non-hydrogen) atoms. The summed E-state index contributed by atoms with van der Waals surface area (Å²) in [5.74, 6) is 0. The van der Waals surface area contributed by atoms with E-state index in [1.54, 1.807) is 13.8 Å². The van der Waals surface area contributed by atoms with Crippen molar-refractivity contribution in [2.75, 3.05) is 0 Å². The normalized spacial score (nSPS) is 12.9. The van der Waals surface area contributed by atoms with Gasteiger partial charge in [-0.2, -0.15) is 0 Å². The summed E-state index contributed by atoms with van der Waals surface area (Å²) in [5.41, 5.74) is 0.0934. The Morgan fingerprint density at radius 3 is 2.58 bits per heavy atom. The standard InChI is InChI=1S/C7H9NO3S/c1-4(9)7-3-6(8(10)11)5(2)12-7/h3-4,9H,1-2H3. The fourth-order valence-corrected chi connectivity index (χ4v) is 1.81. The predicted molar refractivity (Wildman–Crippen MR) is 46.3 cm³/mol. The summed E-state index contributed by atoms with van der Waals surface area (Å²) in [5, 5.41) is 19.5. The van der Waals surface area contributed by atoms with Crippen LogP contribution in [0.3, 0.4) is 0 Å². The van der Waals surface area contributed by atoms with E-state index in [2.05, 4.69) is 0 Å². The van der Waals surface area contributed by atoms with Gasteiger partial charge in [-0.25, -0.2) is 0 Å².